The SMILES string of the molecule is O=C(c1ccccc1)C1Oc2ccc(Cl)cc2C2CC(c3ccc(Cl)cc3)=NN12. The first-order chi connectivity index (χ1) is 14.1. The van der Waals surface area contributed by atoms with Crippen LogP contribution < -0.4 is 4.74 Å². The fourth-order valence-corrected chi connectivity index (χ4v) is 4.10. The van der Waals surface area contributed by atoms with Gasteiger partial charge in [0.05, 0.1) is 11.8 Å². The lowest BCUT2D eigenvalue weighted by atomic mass is 9.96. The van der Waals surface area contributed by atoms with Crippen molar-refractivity contribution in [2.75, 3.05) is 0 Å². The van der Waals surface area contributed by atoms with Crippen LogP contribution in [0, 0.1) is 0 Å². The van der Waals surface area contributed by atoms with Crippen molar-refractivity contribution < 1.29 is 9.53 Å². The van der Waals surface area contributed by atoms with Gasteiger partial charge in [-0.3, -0.25) is 4.79 Å². The van der Waals surface area contributed by atoms with E-state index < -0.39 is 6.23 Å². The molecule has 6 heteroatoms. The van der Waals surface area contributed by atoms with E-state index in [0.29, 0.717) is 27.8 Å². The summed E-state index contributed by atoms with van der Waals surface area (Å²) in [7, 11) is 0. The van der Waals surface area contributed by atoms with Crippen LogP contribution in [0.1, 0.15) is 33.9 Å². The number of ether oxygens (including phenoxy) is 1. The Bertz CT molecular complexity index is 1110. The summed E-state index contributed by atoms with van der Waals surface area (Å²) < 4.78 is 6.11. The molecule has 3 aromatic rings. The molecule has 0 fully saturated rings. The first-order valence-electron chi connectivity index (χ1n) is 9.27. The molecule has 0 amide bonds. The quantitative estimate of drug-likeness (QED) is 0.504. The number of halogens is 2. The molecule has 0 saturated heterocycles. The van der Waals surface area contributed by atoms with Crippen LogP contribution in [-0.2, 0) is 0 Å². The Kier molecular flexibility index (Phi) is 4.53. The number of Topliss-reactive ketones (excluding diaryl/α,β-unsaturated/α-hetero) is 1. The highest BCUT2D eigenvalue weighted by Crippen LogP contribution is 2.44. The van der Waals surface area contributed by atoms with Crippen LogP contribution in [0.15, 0.2) is 77.9 Å². The zero-order chi connectivity index (χ0) is 20.0. The standard InChI is InChI=1S/C23H16Cl2N2O2/c24-16-8-6-14(7-9-16)19-13-20-18-12-17(25)10-11-21(18)29-23(27(20)26-19)22(28)15-4-2-1-3-5-15/h1-12,20,23H,13H2. The van der Waals surface area contributed by atoms with Crippen LogP contribution in [0.4, 0.5) is 0 Å². The number of rotatable bonds is 3. The lowest BCUT2D eigenvalue weighted by Crippen LogP contribution is -2.45. The maximum Gasteiger partial charge on any atom is 0.251 e. The molecular formula is C23H16Cl2N2O2. The number of carbonyl (C=O) groups excluding carboxylic acids is 1. The Hall–Kier alpha value is -2.82. The Balaban J connectivity index is 1.58. The molecule has 0 aromatic heterocycles. The average Bonchev–Trinajstić information content (AvgIpc) is 3.20. The van der Waals surface area contributed by atoms with Gasteiger partial charge >= 0.3 is 0 Å². The van der Waals surface area contributed by atoms with Gasteiger partial charge in [0.1, 0.15) is 5.75 Å². The smallest absolute Gasteiger partial charge is 0.251 e. The normalized spacial score (nSPS) is 19.8. The average molecular weight is 423 g/mol. The Morgan fingerprint density at radius 2 is 1.69 bits per heavy atom. The zero-order valence-corrected chi connectivity index (χ0v) is 16.8. The van der Waals surface area contributed by atoms with E-state index in [2.05, 4.69) is 0 Å². The number of hydrogen-bond donors (Lipinski definition) is 0. The maximum atomic E-state index is 13.2. The van der Waals surface area contributed by atoms with Gasteiger partial charge in [-0.25, -0.2) is 5.01 Å². The number of hydrogen-bond acceptors (Lipinski definition) is 4. The van der Waals surface area contributed by atoms with Gasteiger partial charge in [0.15, 0.2) is 0 Å². The van der Waals surface area contributed by atoms with E-state index in [-0.39, 0.29) is 11.8 Å². The van der Waals surface area contributed by atoms with E-state index >= 15 is 0 Å². The van der Waals surface area contributed by atoms with Crippen molar-refractivity contribution in [3.8, 4) is 5.75 Å². The second kappa shape index (κ2) is 7.21. The minimum atomic E-state index is -0.833. The molecule has 144 valence electrons. The van der Waals surface area contributed by atoms with Crippen molar-refractivity contribution in [3.63, 3.8) is 0 Å². The lowest BCUT2D eigenvalue weighted by molar-refractivity contribution is -0.00455. The first-order valence-corrected chi connectivity index (χ1v) is 10.0. The molecule has 4 nitrogen and oxygen atoms in total. The molecule has 2 aliphatic heterocycles. The molecule has 2 heterocycles. The third-order valence-electron chi connectivity index (χ3n) is 5.21. The van der Waals surface area contributed by atoms with Gasteiger partial charge in [-0.2, -0.15) is 5.10 Å². The van der Waals surface area contributed by atoms with E-state index in [9.17, 15) is 4.79 Å². The van der Waals surface area contributed by atoms with Crippen LogP contribution >= 0.6 is 23.2 Å². The molecule has 29 heavy (non-hydrogen) atoms. The summed E-state index contributed by atoms with van der Waals surface area (Å²) in [5.74, 6) is 0.537. The van der Waals surface area contributed by atoms with Crippen LogP contribution in [0.25, 0.3) is 0 Å². The second-order valence-corrected chi connectivity index (χ2v) is 7.91. The van der Waals surface area contributed by atoms with Gasteiger partial charge in [-0.15, -0.1) is 0 Å². The molecule has 0 spiro atoms. The largest absolute Gasteiger partial charge is 0.461 e. The highest BCUT2D eigenvalue weighted by molar-refractivity contribution is 6.31. The Morgan fingerprint density at radius 1 is 0.966 bits per heavy atom. The summed E-state index contributed by atoms with van der Waals surface area (Å²) in [5.41, 5.74) is 3.37. The molecule has 0 bridgehead atoms. The highest BCUT2D eigenvalue weighted by atomic mass is 35.5. The predicted molar refractivity (Wildman–Crippen MR) is 114 cm³/mol. The summed E-state index contributed by atoms with van der Waals surface area (Å²) >= 11 is 12.3. The number of nitrogens with zero attached hydrogens (tertiary/aromatic N) is 2. The number of ketones is 1. The van der Waals surface area contributed by atoms with E-state index in [4.69, 9.17) is 33.0 Å². The molecule has 5 rings (SSSR count). The van der Waals surface area contributed by atoms with Gasteiger partial charge in [-0.1, -0.05) is 65.7 Å². The third-order valence-corrected chi connectivity index (χ3v) is 5.70. The second-order valence-electron chi connectivity index (χ2n) is 7.04. The molecule has 0 N–H and O–H groups in total. The fourth-order valence-electron chi connectivity index (χ4n) is 3.79. The van der Waals surface area contributed by atoms with E-state index in [0.717, 1.165) is 16.8 Å². The number of benzene rings is 3. The summed E-state index contributed by atoms with van der Waals surface area (Å²) in [6.07, 6.45) is -0.183. The van der Waals surface area contributed by atoms with Gasteiger partial charge < -0.3 is 4.74 Å². The maximum absolute atomic E-state index is 13.2. The van der Waals surface area contributed by atoms with Gasteiger partial charge in [0.2, 0.25) is 5.78 Å². The minimum absolute atomic E-state index is 0.124. The van der Waals surface area contributed by atoms with Crippen molar-refractivity contribution in [1.29, 1.82) is 0 Å². The summed E-state index contributed by atoms with van der Waals surface area (Å²) in [6, 6.07) is 22.0. The van der Waals surface area contributed by atoms with Crippen molar-refractivity contribution in [2.24, 2.45) is 5.10 Å². The van der Waals surface area contributed by atoms with Crippen LogP contribution in [0.3, 0.4) is 0 Å². The molecule has 2 atom stereocenters. The van der Waals surface area contributed by atoms with Gasteiger partial charge in [-0.05, 0) is 35.9 Å². The lowest BCUT2D eigenvalue weighted by Gasteiger charge is -2.37. The zero-order valence-electron chi connectivity index (χ0n) is 15.3. The first kappa shape index (κ1) is 18.2. The molecule has 2 unspecified atom stereocenters. The van der Waals surface area contributed by atoms with Crippen LogP contribution in [0.5, 0.6) is 5.75 Å². The summed E-state index contributed by atoms with van der Waals surface area (Å²) in [6.45, 7) is 0. The predicted octanol–water partition coefficient (Wildman–Crippen LogP) is 5.75. The molecule has 0 radical (unpaired) electrons. The van der Waals surface area contributed by atoms with E-state index in [1.807, 2.05) is 54.6 Å². The molecule has 2 aliphatic rings. The summed E-state index contributed by atoms with van der Waals surface area (Å²) in [4.78, 5) is 13.2. The van der Waals surface area contributed by atoms with Gasteiger partial charge in [0, 0.05) is 27.6 Å². The number of carbonyl (C=O) groups is 1. The number of hydrazone groups is 1. The van der Waals surface area contributed by atoms with Crippen molar-refractivity contribution in [2.45, 2.75) is 18.7 Å². The molecular weight excluding hydrogens is 407 g/mol. The van der Waals surface area contributed by atoms with Crippen molar-refractivity contribution in [3.05, 3.63) is 99.5 Å². The fraction of sp³-hybridized carbons (Fsp3) is 0.130. The minimum Gasteiger partial charge on any atom is -0.461 e. The molecule has 3 aromatic carbocycles. The van der Waals surface area contributed by atoms with Crippen molar-refractivity contribution in [1.82, 2.24) is 5.01 Å². The Morgan fingerprint density at radius 3 is 2.45 bits per heavy atom. The monoisotopic (exact) mass is 422 g/mol. The number of fused-ring (bicyclic) bond motifs is 3. The topological polar surface area (TPSA) is 41.9 Å². The van der Waals surface area contributed by atoms with Gasteiger partial charge in [0.25, 0.3) is 6.23 Å². The third kappa shape index (κ3) is 3.28. The van der Waals surface area contributed by atoms with Crippen molar-refractivity contribution >= 4 is 34.7 Å². The van der Waals surface area contributed by atoms with Crippen LogP contribution in [0.2, 0.25) is 10.0 Å². The highest BCUT2D eigenvalue weighted by Gasteiger charge is 2.43. The van der Waals surface area contributed by atoms with Crippen LogP contribution in [-0.4, -0.2) is 22.7 Å². The summed E-state index contributed by atoms with van der Waals surface area (Å²) in [5, 5.41) is 7.84. The Labute approximate surface area is 178 Å². The molecule has 0 aliphatic carbocycles. The molecule has 0 saturated carbocycles. The van der Waals surface area contributed by atoms with E-state index in [1.165, 1.54) is 0 Å². The van der Waals surface area contributed by atoms with E-state index in [1.54, 1.807) is 23.2 Å².